The second-order valence-electron chi connectivity index (χ2n) is 5.25. The van der Waals surface area contributed by atoms with Crippen LogP contribution in [0, 0.1) is 0 Å². The molecule has 0 radical (unpaired) electrons. The zero-order chi connectivity index (χ0) is 16.4. The lowest BCUT2D eigenvalue weighted by Gasteiger charge is -2.08. The monoisotopic (exact) mass is 322 g/mol. The lowest BCUT2D eigenvalue weighted by molar-refractivity contribution is -0.137. The van der Waals surface area contributed by atoms with E-state index in [2.05, 4.69) is 20.8 Å². The molecule has 1 heterocycles. The van der Waals surface area contributed by atoms with E-state index in [-0.39, 0.29) is 11.4 Å². The Kier molecular flexibility index (Phi) is 3.89. The van der Waals surface area contributed by atoms with E-state index in [0.29, 0.717) is 11.9 Å². The van der Waals surface area contributed by atoms with Crippen molar-refractivity contribution in [2.75, 3.05) is 10.6 Å². The van der Waals surface area contributed by atoms with Crippen molar-refractivity contribution in [3.05, 3.63) is 47.5 Å². The van der Waals surface area contributed by atoms with Gasteiger partial charge in [-0.3, -0.25) is 4.79 Å². The van der Waals surface area contributed by atoms with E-state index < -0.39 is 17.6 Å². The normalized spacial score (nSPS) is 14.4. The molecule has 120 valence electrons. The number of halogens is 3. The van der Waals surface area contributed by atoms with Crippen LogP contribution in [-0.2, 0) is 6.18 Å². The molecular weight excluding hydrogens is 309 g/mol. The molecule has 5 nitrogen and oxygen atoms in total. The number of anilines is 2. The first-order valence-corrected chi connectivity index (χ1v) is 7.01. The Bertz CT molecular complexity index is 694. The van der Waals surface area contributed by atoms with Crippen molar-refractivity contribution in [1.29, 1.82) is 0 Å². The lowest BCUT2D eigenvalue weighted by Crippen LogP contribution is -2.14. The van der Waals surface area contributed by atoms with Gasteiger partial charge in [0.15, 0.2) is 5.82 Å². The van der Waals surface area contributed by atoms with E-state index in [4.69, 9.17) is 0 Å². The number of aromatic nitrogens is 2. The van der Waals surface area contributed by atoms with Gasteiger partial charge >= 0.3 is 6.18 Å². The highest BCUT2D eigenvalue weighted by Crippen LogP contribution is 2.29. The standard InChI is InChI=1S/C15H13F3N4O/c16-15(17,18)10-3-1-9(2-4-10)14(23)20-13-8-7-12(21-22-13)19-11-5-6-11/h1-4,7-8,11H,5-6H2,(H,19,21)(H,20,22,23). The van der Waals surface area contributed by atoms with Crippen molar-refractivity contribution in [2.45, 2.75) is 25.1 Å². The Morgan fingerprint density at radius 1 is 1.00 bits per heavy atom. The molecule has 2 N–H and O–H groups in total. The van der Waals surface area contributed by atoms with Gasteiger partial charge in [0.1, 0.15) is 5.82 Å². The number of carbonyl (C=O) groups excluding carboxylic acids is 1. The topological polar surface area (TPSA) is 66.9 Å². The maximum absolute atomic E-state index is 12.5. The van der Waals surface area contributed by atoms with Crippen molar-refractivity contribution < 1.29 is 18.0 Å². The minimum atomic E-state index is -4.43. The molecule has 1 aromatic heterocycles. The molecule has 1 aromatic carbocycles. The Labute approximate surface area is 129 Å². The minimum absolute atomic E-state index is 0.111. The maximum Gasteiger partial charge on any atom is 0.416 e. The number of nitrogens with one attached hydrogen (secondary N) is 2. The molecule has 1 fully saturated rings. The first-order valence-electron chi connectivity index (χ1n) is 7.01. The third-order valence-electron chi connectivity index (χ3n) is 3.31. The van der Waals surface area contributed by atoms with Crippen molar-refractivity contribution in [3.63, 3.8) is 0 Å². The Morgan fingerprint density at radius 2 is 1.61 bits per heavy atom. The molecule has 1 saturated carbocycles. The van der Waals surface area contributed by atoms with Gasteiger partial charge in [-0.25, -0.2) is 0 Å². The van der Waals surface area contributed by atoms with Gasteiger partial charge in [-0.05, 0) is 49.2 Å². The Morgan fingerprint density at radius 3 is 2.13 bits per heavy atom. The highest BCUT2D eigenvalue weighted by atomic mass is 19.4. The Balaban J connectivity index is 1.63. The average Bonchev–Trinajstić information content (AvgIpc) is 3.32. The fourth-order valence-electron chi connectivity index (χ4n) is 1.91. The fourth-order valence-corrected chi connectivity index (χ4v) is 1.91. The maximum atomic E-state index is 12.5. The second kappa shape index (κ2) is 5.86. The molecule has 1 aliphatic carbocycles. The van der Waals surface area contributed by atoms with Crippen LogP contribution in [0.4, 0.5) is 24.8 Å². The molecule has 1 amide bonds. The molecule has 3 rings (SSSR count). The lowest BCUT2D eigenvalue weighted by atomic mass is 10.1. The quantitative estimate of drug-likeness (QED) is 0.906. The van der Waals surface area contributed by atoms with Gasteiger partial charge in [-0.15, -0.1) is 10.2 Å². The van der Waals surface area contributed by atoms with Gasteiger partial charge < -0.3 is 10.6 Å². The number of hydrogen-bond donors (Lipinski definition) is 2. The number of carbonyl (C=O) groups is 1. The van der Waals surface area contributed by atoms with Crippen molar-refractivity contribution in [3.8, 4) is 0 Å². The second-order valence-corrected chi connectivity index (χ2v) is 5.25. The van der Waals surface area contributed by atoms with Crippen LogP contribution >= 0.6 is 0 Å². The molecule has 23 heavy (non-hydrogen) atoms. The van der Waals surface area contributed by atoms with Gasteiger partial charge in [0.2, 0.25) is 0 Å². The van der Waals surface area contributed by atoms with Gasteiger partial charge in [-0.1, -0.05) is 0 Å². The first-order chi connectivity index (χ1) is 10.9. The SMILES string of the molecule is O=C(Nc1ccc(NC2CC2)nn1)c1ccc(C(F)(F)F)cc1. The number of benzene rings is 1. The summed E-state index contributed by atoms with van der Waals surface area (Å²) in [4.78, 5) is 12.0. The van der Waals surface area contributed by atoms with Crippen LogP contribution in [0.1, 0.15) is 28.8 Å². The molecular formula is C15H13F3N4O. The van der Waals surface area contributed by atoms with Gasteiger partial charge in [-0.2, -0.15) is 13.2 Å². The number of hydrogen-bond acceptors (Lipinski definition) is 4. The highest BCUT2D eigenvalue weighted by Gasteiger charge is 2.30. The van der Waals surface area contributed by atoms with Crippen LogP contribution in [0.5, 0.6) is 0 Å². The summed E-state index contributed by atoms with van der Waals surface area (Å²) < 4.78 is 37.4. The summed E-state index contributed by atoms with van der Waals surface area (Å²) in [5, 5.41) is 13.4. The Hall–Kier alpha value is -2.64. The van der Waals surface area contributed by atoms with Crippen LogP contribution in [-0.4, -0.2) is 22.1 Å². The predicted molar refractivity (Wildman–Crippen MR) is 78.1 cm³/mol. The first kappa shape index (κ1) is 15.3. The molecule has 0 spiro atoms. The summed E-state index contributed by atoms with van der Waals surface area (Å²) in [5.41, 5.74) is -0.690. The molecule has 0 aliphatic heterocycles. The van der Waals surface area contributed by atoms with Crippen LogP contribution in [0.3, 0.4) is 0 Å². The van der Waals surface area contributed by atoms with E-state index in [1.807, 2.05) is 0 Å². The third-order valence-corrected chi connectivity index (χ3v) is 3.31. The molecule has 0 saturated heterocycles. The zero-order valence-corrected chi connectivity index (χ0v) is 11.9. The van der Waals surface area contributed by atoms with Crippen LogP contribution in [0.2, 0.25) is 0 Å². The van der Waals surface area contributed by atoms with E-state index in [9.17, 15) is 18.0 Å². The molecule has 0 unspecified atom stereocenters. The van der Waals surface area contributed by atoms with E-state index in [0.717, 1.165) is 37.1 Å². The average molecular weight is 322 g/mol. The third kappa shape index (κ3) is 3.97. The largest absolute Gasteiger partial charge is 0.416 e. The zero-order valence-electron chi connectivity index (χ0n) is 11.9. The summed E-state index contributed by atoms with van der Waals surface area (Å²) in [6, 6.07) is 7.68. The number of amides is 1. The molecule has 0 atom stereocenters. The van der Waals surface area contributed by atoms with Crippen molar-refractivity contribution in [1.82, 2.24) is 10.2 Å². The van der Waals surface area contributed by atoms with E-state index >= 15 is 0 Å². The smallest absolute Gasteiger partial charge is 0.366 e. The summed E-state index contributed by atoms with van der Waals surface area (Å²) in [6.07, 6.45) is -2.22. The molecule has 8 heteroatoms. The van der Waals surface area contributed by atoms with E-state index in [1.165, 1.54) is 0 Å². The van der Waals surface area contributed by atoms with Crippen molar-refractivity contribution in [2.24, 2.45) is 0 Å². The minimum Gasteiger partial charge on any atom is -0.366 e. The van der Waals surface area contributed by atoms with E-state index in [1.54, 1.807) is 12.1 Å². The summed E-state index contributed by atoms with van der Waals surface area (Å²) in [7, 11) is 0. The van der Waals surface area contributed by atoms with Gasteiger partial charge in [0.25, 0.3) is 5.91 Å². The highest BCUT2D eigenvalue weighted by molar-refractivity contribution is 6.03. The predicted octanol–water partition coefficient (Wildman–Crippen LogP) is 3.32. The number of rotatable bonds is 4. The number of alkyl halides is 3. The fraction of sp³-hybridized carbons (Fsp3) is 0.267. The molecule has 2 aromatic rings. The summed E-state index contributed by atoms with van der Waals surface area (Å²) >= 11 is 0. The van der Waals surface area contributed by atoms with Crippen LogP contribution < -0.4 is 10.6 Å². The van der Waals surface area contributed by atoms with Crippen LogP contribution in [0.15, 0.2) is 36.4 Å². The molecule has 1 aliphatic rings. The molecule has 0 bridgehead atoms. The van der Waals surface area contributed by atoms with Crippen molar-refractivity contribution >= 4 is 17.5 Å². The van der Waals surface area contributed by atoms with Crippen LogP contribution in [0.25, 0.3) is 0 Å². The number of nitrogens with zero attached hydrogens (tertiary/aromatic N) is 2. The summed E-state index contributed by atoms with van der Waals surface area (Å²) in [6.45, 7) is 0. The van der Waals surface area contributed by atoms with Gasteiger partial charge in [0, 0.05) is 11.6 Å². The van der Waals surface area contributed by atoms with Gasteiger partial charge in [0.05, 0.1) is 5.56 Å². The summed E-state index contributed by atoms with van der Waals surface area (Å²) in [5.74, 6) is 0.312.